The number of amides is 1. The van der Waals surface area contributed by atoms with Crippen molar-refractivity contribution in [3.8, 4) is 0 Å². The van der Waals surface area contributed by atoms with Gasteiger partial charge in [-0.25, -0.2) is 13.4 Å². The maximum atomic E-state index is 12.9. The lowest BCUT2D eigenvalue weighted by molar-refractivity contribution is -0.119. The van der Waals surface area contributed by atoms with Gasteiger partial charge in [-0.2, -0.15) is 4.31 Å². The van der Waals surface area contributed by atoms with Crippen LogP contribution in [0.15, 0.2) is 57.0 Å². The van der Waals surface area contributed by atoms with Crippen molar-refractivity contribution in [3.63, 3.8) is 0 Å². The quantitative estimate of drug-likeness (QED) is 0.484. The molecule has 4 rings (SSSR count). The first-order valence-electron chi connectivity index (χ1n) is 10.9. The Hall–Kier alpha value is -2.40. The van der Waals surface area contributed by atoms with Gasteiger partial charge in [-0.05, 0) is 42.7 Å². The van der Waals surface area contributed by atoms with Crippen LogP contribution in [0.1, 0.15) is 31.0 Å². The van der Waals surface area contributed by atoms with Gasteiger partial charge in [0, 0.05) is 13.1 Å². The maximum Gasteiger partial charge on any atom is 0.257 e. The van der Waals surface area contributed by atoms with Crippen molar-refractivity contribution in [2.45, 2.75) is 36.4 Å². The van der Waals surface area contributed by atoms with E-state index in [1.165, 1.54) is 33.8 Å². The summed E-state index contributed by atoms with van der Waals surface area (Å²) in [5.41, 5.74) is 3.21. The molecule has 1 aromatic heterocycles. The highest BCUT2D eigenvalue weighted by atomic mass is 32.2. The molecule has 176 valence electrons. The number of aryl methyl sites for hydroxylation is 1. The van der Waals surface area contributed by atoms with E-state index in [0.717, 1.165) is 12.0 Å². The molecule has 1 saturated heterocycles. The van der Waals surface area contributed by atoms with Crippen LogP contribution >= 0.6 is 11.8 Å². The summed E-state index contributed by atoms with van der Waals surface area (Å²) in [6.07, 6.45) is 0.975. The highest BCUT2D eigenvalue weighted by Gasteiger charge is 2.27. The number of morpholine rings is 1. The number of thioether (sulfide) groups is 1. The number of benzene rings is 2. The highest BCUT2D eigenvalue weighted by molar-refractivity contribution is 7.99. The van der Waals surface area contributed by atoms with E-state index in [4.69, 9.17) is 9.15 Å². The van der Waals surface area contributed by atoms with Gasteiger partial charge in [-0.15, -0.1) is 0 Å². The number of nitrogens with one attached hydrogen (secondary N) is 1. The fourth-order valence-corrected chi connectivity index (χ4v) is 5.66. The minimum absolute atomic E-state index is 0.111. The molecule has 1 amide bonds. The summed E-state index contributed by atoms with van der Waals surface area (Å²) in [4.78, 5) is 16.9. The van der Waals surface area contributed by atoms with Gasteiger partial charge in [0.1, 0.15) is 5.52 Å². The Morgan fingerprint density at radius 2 is 1.91 bits per heavy atom. The van der Waals surface area contributed by atoms with E-state index in [-0.39, 0.29) is 22.6 Å². The largest absolute Gasteiger partial charge is 0.431 e. The zero-order valence-electron chi connectivity index (χ0n) is 18.6. The third kappa shape index (κ3) is 5.57. The number of aromatic nitrogens is 1. The lowest BCUT2D eigenvalue weighted by atomic mass is 10.1. The predicted octanol–water partition coefficient (Wildman–Crippen LogP) is 3.38. The van der Waals surface area contributed by atoms with Crippen LogP contribution in [0.2, 0.25) is 0 Å². The van der Waals surface area contributed by atoms with E-state index in [1.54, 1.807) is 6.07 Å². The molecule has 0 bridgehead atoms. The van der Waals surface area contributed by atoms with Crippen molar-refractivity contribution < 1.29 is 22.4 Å². The Balaban J connectivity index is 1.38. The van der Waals surface area contributed by atoms with Crippen LogP contribution in [0.4, 0.5) is 0 Å². The third-order valence-corrected chi connectivity index (χ3v) is 8.26. The molecule has 1 fully saturated rings. The first-order valence-corrected chi connectivity index (χ1v) is 13.3. The number of carbonyl (C=O) groups excluding carboxylic acids is 1. The topological polar surface area (TPSA) is 102 Å². The standard InChI is InChI=1S/C23H27N3O5S2/c1-3-17-4-6-18(7-5-17)16(2)24-22(27)15-32-23-25-20-14-19(8-9-21(20)31-23)33(28,29)26-10-12-30-13-11-26/h4-9,14,16H,3,10-13,15H2,1-2H3,(H,24,27). The molecule has 0 aliphatic carbocycles. The van der Waals surface area contributed by atoms with Gasteiger partial charge in [0.05, 0.1) is 29.9 Å². The first-order chi connectivity index (χ1) is 15.9. The van der Waals surface area contributed by atoms with E-state index in [0.29, 0.717) is 42.6 Å². The number of rotatable bonds is 8. The zero-order chi connectivity index (χ0) is 23.4. The summed E-state index contributed by atoms with van der Waals surface area (Å²) >= 11 is 1.17. The van der Waals surface area contributed by atoms with Crippen molar-refractivity contribution in [1.82, 2.24) is 14.6 Å². The maximum absolute atomic E-state index is 12.9. The van der Waals surface area contributed by atoms with Crippen molar-refractivity contribution >= 4 is 38.8 Å². The Kier molecular flexibility index (Phi) is 7.38. The van der Waals surface area contributed by atoms with Crippen LogP contribution in [0.5, 0.6) is 0 Å². The van der Waals surface area contributed by atoms with E-state index >= 15 is 0 Å². The lowest BCUT2D eigenvalue weighted by Crippen LogP contribution is -2.40. The van der Waals surface area contributed by atoms with Gasteiger partial charge < -0.3 is 14.5 Å². The van der Waals surface area contributed by atoms with E-state index in [1.807, 2.05) is 19.1 Å². The minimum Gasteiger partial charge on any atom is -0.431 e. The summed E-state index contributed by atoms with van der Waals surface area (Å²) in [5, 5.41) is 3.30. The number of hydrogen-bond acceptors (Lipinski definition) is 7. The molecule has 0 radical (unpaired) electrons. The molecule has 1 N–H and O–H groups in total. The normalized spacial score (nSPS) is 16.1. The van der Waals surface area contributed by atoms with Gasteiger partial charge in [-0.3, -0.25) is 4.79 Å². The summed E-state index contributed by atoms with van der Waals surface area (Å²) in [6.45, 7) is 5.48. The number of oxazole rings is 1. The number of ether oxygens (including phenoxy) is 1. The van der Waals surface area contributed by atoms with Gasteiger partial charge in [-0.1, -0.05) is 43.0 Å². The molecule has 0 saturated carbocycles. The second-order valence-electron chi connectivity index (χ2n) is 7.80. The molecular weight excluding hydrogens is 462 g/mol. The smallest absolute Gasteiger partial charge is 0.257 e. The average Bonchev–Trinajstić information content (AvgIpc) is 3.25. The minimum atomic E-state index is -3.61. The number of sulfonamides is 1. The molecule has 1 aliphatic rings. The number of fused-ring (bicyclic) bond motifs is 1. The first kappa shape index (κ1) is 23.7. The van der Waals surface area contributed by atoms with Crippen LogP contribution < -0.4 is 5.32 Å². The SMILES string of the molecule is CCc1ccc(C(C)NC(=O)CSc2nc3cc(S(=O)(=O)N4CCOCC4)ccc3o2)cc1. The number of carbonyl (C=O) groups is 1. The van der Waals surface area contributed by atoms with Crippen LogP contribution in [0.3, 0.4) is 0 Å². The fraction of sp³-hybridized carbons (Fsp3) is 0.391. The fourth-order valence-electron chi connectivity index (χ4n) is 3.58. The molecule has 3 aromatic rings. The predicted molar refractivity (Wildman–Crippen MR) is 127 cm³/mol. The van der Waals surface area contributed by atoms with Crippen LogP contribution in [-0.4, -0.2) is 55.7 Å². The average molecular weight is 490 g/mol. The Bertz CT molecular complexity index is 1220. The molecular formula is C23H27N3O5S2. The Morgan fingerprint density at radius 3 is 2.61 bits per heavy atom. The van der Waals surface area contributed by atoms with Gasteiger partial charge in [0.15, 0.2) is 5.58 Å². The second kappa shape index (κ2) is 10.3. The van der Waals surface area contributed by atoms with Gasteiger partial charge >= 0.3 is 0 Å². The van der Waals surface area contributed by atoms with Crippen LogP contribution in [0.25, 0.3) is 11.1 Å². The summed E-state index contributed by atoms with van der Waals surface area (Å²) < 4.78 is 38.1. The van der Waals surface area contributed by atoms with Crippen LogP contribution in [0, 0.1) is 0 Å². The summed E-state index contributed by atoms with van der Waals surface area (Å²) in [6, 6.07) is 12.7. The van der Waals surface area contributed by atoms with Crippen molar-refractivity contribution in [1.29, 1.82) is 0 Å². The summed E-state index contributed by atoms with van der Waals surface area (Å²) in [7, 11) is -3.61. The van der Waals surface area contributed by atoms with Crippen molar-refractivity contribution in [2.24, 2.45) is 0 Å². The highest BCUT2D eigenvalue weighted by Crippen LogP contribution is 2.27. The molecule has 2 heterocycles. The third-order valence-electron chi connectivity index (χ3n) is 5.54. The van der Waals surface area contributed by atoms with Crippen LogP contribution in [-0.2, 0) is 26.0 Å². The molecule has 10 heteroatoms. The molecule has 2 aromatic carbocycles. The van der Waals surface area contributed by atoms with Gasteiger partial charge in [0.25, 0.3) is 5.22 Å². The molecule has 1 atom stereocenters. The number of nitrogens with zero attached hydrogens (tertiary/aromatic N) is 2. The van der Waals surface area contributed by atoms with E-state index < -0.39 is 10.0 Å². The van der Waals surface area contributed by atoms with E-state index in [9.17, 15) is 13.2 Å². The van der Waals surface area contributed by atoms with E-state index in [2.05, 4.69) is 29.4 Å². The molecule has 0 spiro atoms. The summed E-state index contributed by atoms with van der Waals surface area (Å²) in [5.74, 6) is 0.00766. The zero-order valence-corrected chi connectivity index (χ0v) is 20.2. The molecule has 1 aliphatic heterocycles. The molecule has 33 heavy (non-hydrogen) atoms. The molecule has 8 nitrogen and oxygen atoms in total. The van der Waals surface area contributed by atoms with Gasteiger partial charge in [0.2, 0.25) is 15.9 Å². The monoisotopic (exact) mass is 489 g/mol. The second-order valence-corrected chi connectivity index (χ2v) is 10.7. The van der Waals surface area contributed by atoms with Crippen molar-refractivity contribution in [2.75, 3.05) is 32.1 Å². The lowest BCUT2D eigenvalue weighted by Gasteiger charge is -2.25. The Morgan fingerprint density at radius 1 is 1.18 bits per heavy atom. The molecule has 1 unspecified atom stereocenters. The number of hydrogen-bond donors (Lipinski definition) is 1. The Labute approximate surface area is 197 Å². The van der Waals surface area contributed by atoms with Crippen molar-refractivity contribution in [3.05, 3.63) is 53.6 Å².